The summed E-state index contributed by atoms with van der Waals surface area (Å²) in [6.07, 6.45) is 1.70. The molecule has 2 rings (SSSR count). The van der Waals surface area contributed by atoms with Gasteiger partial charge in [0, 0.05) is 44.5 Å². The highest BCUT2D eigenvalue weighted by molar-refractivity contribution is 5.95. The summed E-state index contributed by atoms with van der Waals surface area (Å²) in [4.78, 5) is 16.2. The molecule has 0 fully saturated rings. The molecule has 29 heavy (non-hydrogen) atoms. The van der Waals surface area contributed by atoms with Crippen molar-refractivity contribution in [3.05, 3.63) is 18.2 Å². The number of nitrogens with one attached hydrogen (secondary N) is 3. The average Bonchev–Trinajstić information content (AvgIpc) is 2.93. The van der Waals surface area contributed by atoms with Crippen LogP contribution in [0.3, 0.4) is 0 Å². The minimum atomic E-state index is -0.118. The Morgan fingerprint density at radius 2 is 2.00 bits per heavy atom. The van der Waals surface area contributed by atoms with E-state index in [1.807, 2.05) is 25.1 Å². The number of aliphatic imine (C=N–C) groups is 1. The van der Waals surface area contributed by atoms with Gasteiger partial charge in [-0.25, -0.2) is 4.99 Å². The Hall–Kier alpha value is -2.48. The smallest absolute Gasteiger partial charge is 0.241 e. The molecular weight excluding hydrogens is 372 g/mol. The van der Waals surface area contributed by atoms with Gasteiger partial charge in [0.15, 0.2) is 17.5 Å². The van der Waals surface area contributed by atoms with E-state index in [2.05, 4.69) is 34.8 Å². The molecule has 0 aliphatic carbocycles. The standard InChI is InChI=1S/C21H34N4O4/c1-4-22-20(26)14-24-21(23-9-5-10-27-15-16(2)3)25-17-7-8-18-19(13-17)29-12-6-11-28-18/h7-8,13,16H,4-6,9-12,14-15H2,1-3H3,(H,22,26)(H2,23,24,25). The van der Waals surface area contributed by atoms with Crippen molar-refractivity contribution in [1.29, 1.82) is 0 Å². The van der Waals surface area contributed by atoms with Gasteiger partial charge in [0.05, 0.1) is 13.2 Å². The van der Waals surface area contributed by atoms with Crippen molar-refractivity contribution in [3.63, 3.8) is 0 Å². The Kier molecular flexibility index (Phi) is 10.1. The Labute approximate surface area is 173 Å². The van der Waals surface area contributed by atoms with Crippen LogP contribution in [0.25, 0.3) is 0 Å². The average molecular weight is 407 g/mol. The van der Waals surface area contributed by atoms with Crippen LogP contribution in [-0.4, -0.2) is 57.9 Å². The number of rotatable bonds is 10. The Morgan fingerprint density at radius 3 is 2.76 bits per heavy atom. The van der Waals surface area contributed by atoms with E-state index in [0.717, 1.165) is 30.9 Å². The summed E-state index contributed by atoms with van der Waals surface area (Å²) in [6, 6.07) is 5.67. The van der Waals surface area contributed by atoms with Crippen molar-refractivity contribution >= 4 is 17.6 Å². The fourth-order valence-corrected chi connectivity index (χ4v) is 2.62. The first-order valence-electron chi connectivity index (χ1n) is 10.4. The number of amides is 1. The number of anilines is 1. The third-order valence-electron chi connectivity index (χ3n) is 3.97. The normalized spacial score (nSPS) is 13.7. The van der Waals surface area contributed by atoms with Crippen molar-refractivity contribution in [3.8, 4) is 11.5 Å². The van der Waals surface area contributed by atoms with Gasteiger partial charge in [0.2, 0.25) is 5.91 Å². The summed E-state index contributed by atoms with van der Waals surface area (Å²) in [7, 11) is 0. The number of likely N-dealkylation sites (N-methyl/N-ethyl adjacent to an activating group) is 1. The molecule has 0 saturated carbocycles. The minimum Gasteiger partial charge on any atom is -0.490 e. The third kappa shape index (κ3) is 9.04. The summed E-state index contributed by atoms with van der Waals surface area (Å²) in [5.74, 6) is 2.39. The molecule has 162 valence electrons. The van der Waals surface area contributed by atoms with Crippen LogP contribution in [-0.2, 0) is 9.53 Å². The van der Waals surface area contributed by atoms with Gasteiger partial charge < -0.3 is 30.2 Å². The number of benzene rings is 1. The number of hydrogen-bond acceptors (Lipinski definition) is 5. The highest BCUT2D eigenvalue weighted by atomic mass is 16.5. The Morgan fingerprint density at radius 1 is 1.21 bits per heavy atom. The predicted octanol–water partition coefficient (Wildman–Crippen LogP) is 2.40. The van der Waals surface area contributed by atoms with Crippen LogP contribution in [0, 0.1) is 5.92 Å². The second kappa shape index (κ2) is 12.9. The fourth-order valence-electron chi connectivity index (χ4n) is 2.62. The minimum absolute atomic E-state index is 0.0531. The number of fused-ring (bicyclic) bond motifs is 1. The van der Waals surface area contributed by atoms with Gasteiger partial charge in [-0.3, -0.25) is 4.79 Å². The van der Waals surface area contributed by atoms with Crippen LogP contribution in [0.4, 0.5) is 5.69 Å². The molecule has 1 aromatic carbocycles. The number of nitrogens with zero attached hydrogens (tertiary/aromatic N) is 1. The number of carbonyl (C=O) groups excluding carboxylic acids is 1. The van der Waals surface area contributed by atoms with E-state index in [9.17, 15) is 4.79 Å². The lowest BCUT2D eigenvalue weighted by Crippen LogP contribution is -2.34. The molecule has 0 unspecified atom stereocenters. The van der Waals surface area contributed by atoms with Gasteiger partial charge in [-0.15, -0.1) is 0 Å². The molecule has 1 aliphatic heterocycles. The van der Waals surface area contributed by atoms with Crippen LogP contribution in [0.5, 0.6) is 11.5 Å². The van der Waals surface area contributed by atoms with Gasteiger partial charge in [-0.1, -0.05) is 13.8 Å². The first kappa shape index (κ1) is 22.8. The van der Waals surface area contributed by atoms with Crippen LogP contribution in [0.2, 0.25) is 0 Å². The van der Waals surface area contributed by atoms with E-state index >= 15 is 0 Å². The van der Waals surface area contributed by atoms with Gasteiger partial charge >= 0.3 is 0 Å². The molecule has 8 heteroatoms. The van der Waals surface area contributed by atoms with Crippen LogP contribution >= 0.6 is 0 Å². The molecule has 0 spiro atoms. The molecule has 0 aromatic heterocycles. The quantitative estimate of drug-likeness (QED) is 0.314. The second-order valence-electron chi connectivity index (χ2n) is 7.20. The molecule has 0 saturated heterocycles. The number of carbonyl (C=O) groups is 1. The molecule has 8 nitrogen and oxygen atoms in total. The summed E-state index contributed by atoms with van der Waals surface area (Å²) in [6.45, 7) is 10.2. The van der Waals surface area contributed by atoms with Crippen LogP contribution in [0.15, 0.2) is 23.2 Å². The van der Waals surface area contributed by atoms with E-state index < -0.39 is 0 Å². The van der Waals surface area contributed by atoms with Crippen LogP contribution < -0.4 is 25.4 Å². The predicted molar refractivity (Wildman–Crippen MR) is 115 cm³/mol. The SMILES string of the molecule is CCNC(=O)CN=C(NCCCOCC(C)C)Nc1ccc2c(c1)OCCCO2. The van der Waals surface area contributed by atoms with Gasteiger partial charge in [0.1, 0.15) is 6.54 Å². The van der Waals surface area contributed by atoms with Gasteiger partial charge in [-0.05, 0) is 31.4 Å². The monoisotopic (exact) mass is 406 g/mol. The molecule has 1 amide bonds. The number of hydrogen-bond donors (Lipinski definition) is 3. The van der Waals surface area contributed by atoms with Crippen molar-refractivity contribution < 1.29 is 19.0 Å². The lowest BCUT2D eigenvalue weighted by molar-refractivity contribution is -0.119. The summed E-state index contributed by atoms with van der Waals surface area (Å²) in [5, 5.41) is 9.24. The van der Waals surface area contributed by atoms with Crippen molar-refractivity contribution in [1.82, 2.24) is 10.6 Å². The zero-order valence-corrected chi connectivity index (χ0v) is 17.8. The molecule has 1 aliphatic rings. The van der Waals surface area contributed by atoms with Crippen molar-refractivity contribution in [2.24, 2.45) is 10.9 Å². The fraction of sp³-hybridized carbons (Fsp3) is 0.619. The summed E-state index contributed by atoms with van der Waals surface area (Å²) in [5.41, 5.74) is 0.812. The van der Waals surface area contributed by atoms with Gasteiger partial charge in [0.25, 0.3) is 0 Å². The van der Waals surface area contributed by atoms with Crippen LogP contribution in [0.1, 0.15) is 33.6 Å². The third-order valence-corrected chi connectivity index (χ3v) is 3.97. The van der Waals surface area contributed by atoms with E-state index in [1.54, 1.807) is 0 Å². The molecule has 3 N–H and O–H groups in total. The molecule has 0 radical (unpaired) electrons. The first-order chi connectivity index (χ1) is 14.1. The first-order valence-corrected chi connectivity index (χ1v) is 10.4. The molecule has 0 atom stereocenters. The largest absolute Gasteiger partial charge is 0.490 e. The zero-order chi connectivity index (χ0) is 20.9. The zero-order valence-electron chi connectivity index (χ0n) is 17.8. The molecule has 0 bridgehead atoms. The lowest BCUT2D eigenvalue weighted by Gasteiger charge is -2.15. The van der Waals surface area contributed by atoms with E-state index in [1.165, 1.54) is 0 Å². The summed E-state index contributed by atoms with van der Waals surface area (Å²) >= 11 is 0. The van der Waals surface area contributed by atoms with E-state index in [0.29, 0.717) is 50.5 Å². The molecule has 1 aromatic rings. The Balaban J connectivity index is 1.94. The maximum Gasteiger partial charge on any atom is 0.241 e. The van der Waals surface area contributed by atoms with E-state index in [4.69, 9.17) is 14.2 Å². The van der Waals surface area contributed by atoms with E-state index in [-0.39, 0.29) is 12.5 Å². The molecule has 1 heterocycles. The van der Waals surface area contributed by atoms with Crippen molar-refractivity contribution in [2.75, 3.05) is 51.4 Å². The maximum absolute atomic E-state index is 11.8. The highest BCUT2D eigenvalue weighted by Gasteiger charge is 2.11. The highest BCUT2D eigenvalue weighted by Crippen LogP contribution is 2.32. The topological polar surface area (TPSA) is 93.2 Å². The maximum atomic E-state index is 11.8. The summed E-state index contributed by atoms with van der Waals surface area (Å²) < 4.78 is 17.0. The Bertz CT molecular complexity index is 664. The number of ether oxygens (including phenoxy) is 3. The lowest BCUT2D eigenvalue weighted by atomic mass is 10.2. The van der Waals surface area contributed by atoms with Gasteiger partial charge in [-0.2, -0.15) is 0 Å². The second-order valence-corrected chi connectivity index (χ2v) is 7.20. The number of guanidine groups is 1. The van der Waals surface area contributed by atoms with Crippen molar-refractivity contribution in [2.45, 2.75) is 33.6 Å². The molecular formula is C21H34N4O4.